The van der Waals surface area contributed by atoms with Gasteiger partial charge in [-0.15, -0.1) is 0 Å². The highest BCUT2D eigenvalue weighted by atomic mass is 19.1. The van der Waals surface area contributed by atoms with Gasteiger partial charge in [0.15, 0.2) is 5.78 Å². The van der Waals surface area contributed by atoms with Crippen molar-refractivity contribution in [3.05, 3.63) is 18.0 Å². The number of carbonyl (C=O) groups excluding carboxylic acids is 1. The standard InChI is InChI=1S/C26H36FN3O2/c1-24-9-10-26(32,16-27)11-18(24)3-4-19-20-5-6-22(25(20,2)8-7-21(19)24)23(31)15-30-14-17(12-28)13-29-30/h13-14,18-22,32H,3-11,15-16H2,1-2H3/t18-,19+,20+,21+,22-,24+,25+,26-/m1/s1. The molecule has 32 heavy (non-hydrogen) atoms. The summed E-state index contributed by atoms with van der Waals surface area (Å²) in [5, 5.41) is 23.8. The Morgan fingerprint density at radius 2 is 1.97 bits per heavy atom. The fraction of sp³-hybridized carbons (Fsp3) is 0.808. The molecular formula is C26H36FN3O2. The fourth-order valence-electron chi connectivity index (χ4n) is 8.75. The van der Waals surface area contributed by atoms with E-state index in [-0.39, 0.29) is 29.1 Å². The molecule has 1 aromatic rings. The topological polar surface area (TPSA) is 78.9 Å². The lowest BCUT2D eigenvalue weighted by Gasteiger charge is -2.61. The Morgan fingerprint density at radius 3 is 2.69 bits per heavy atom. The van der Waals surface area contributed by atoms with Crippen LogP contribution in [-0.4, -0.2) is 32.9 Å². The lowest BCUT2D eigenvalue weighted by atomic mass is 9.44. The summed E-state index contributed by atoms with van der Waals surface area (Å²) in [6.07, 6.45) is 11.8. The van der Waals surface area contributed by atoms with Crippen LogP contribution in [0.1, 0.15) is 77.2 Å². The smallest absolute Gasteiger partial charge is 0.157 e. The van der Waals surface area contributed by atoms with E-state index in [1.807, 2.05) is 0 Å². The van der Waals surface area contributed by atoms with Crippen molar-refractivity contribution < 1.29 is 14.3 Å². The molecule has 6 heteroatoms. The molecule has 0 bridgehead atoms. The number of ketones is 1. The first-order valence-corrected chi connectivity index (χ1v) is 12.5. The van der Waals surface area contributed by atoms with E-state index in [0.717, 1.165) is 44.9 Å². The van der Waals surface area contributed by atoms with Gasteiger partial charge >= 0.3 is 0 Å². The van der Waals surface area contributed by atoms with Gasteiger partial charge in [0, 0.05) is 12.1 Å². The molecule has 174 valence electrons. The van der Waals surface area contributed by atoms with Crippen LogP contribution in [0, 0.1) is 51.8 Å². The predicted molar refractivity (Wildman–Crippen MR) is 118 cm³/mol. The van der Waals surface area contributed by atoms with Gasteiger partial charge < -0.3 is 5.11 Å². The number of nitriles is 1. The normalized spacial score (nSPS) is 45.4. The molecule has 0 spiro atoms. The van der Waals surface area contributed by atoms with Crippen molar-refractivity contribution in [1.29, 1.82) is 5.26 Å². The zero-order valence-electron chi connectivity index (χ0n) is 19.4. The molecule has 1 heterocycles. The second-order valence-corrected chi connectivity index (χ2v) is 11.9. The Balaban J connectivity index is 1.33. The minimum atomic E-state index is -1.11. The van der Waals surface area contributed by atoms with Gasteiger partial charge in [-0.3, -0.25) is 9.48 Å². The second kappa shape index (κ2) is 7.65. The third kappa shape index (κ3) is 3.26. The summed E-state index contributed by atoms with van der Waals surface area (Å²) in [6, 6.07) is 2.08. The number of rotatable bonds is 4. The van der Waals surface area contributed by atoms with Gasteiger partial charge in [-0.05, 0) is 92.3 Å². The van der Waals surface area contributed by atoms with Gasteiger partial charge in [-0.2, -0.15) is 10.4 Å². The zero-order chi connectivity index (χ0) is 22.7. The fourth-order valence-corrected chi connectivity index (χ4v) is 8.75. The van der Waals surface area contributed by atoms with E-state index >= 15 is 0 Å². The summed E-state index contributed by atoms with van der Waals surface area (Å²) >= 11 is 0. The van der Waals surface area contributed by atoms with Crippen LogP contribution in [0.5, 0.6) is 0 Å². The first kappa shape index (κ1) is 22.1. The maximum Gasteiger partial charge on any atom is 0.157 e. The average Bonchev–Trinajstić information content (AvgIpc) is 3.37. The largest absolute Gasteiger partial charge is 0.387 e. The Hall–Kier alpha value is -1.74. The molecule has 0 saturated heterocycles. The van der Waals surface area contributed by atoms with Crippen LogP contribution in [0.3, 0.4) is 0 Å². The van der Waals surface area contributed by atoms with Gasteiger partial charge in [0.2, 0.25) is 0 Å². The molecule has 4 aliphatic carbocycles. The van der Waals surface area contributed by atoms with Crippen molar-refractivity contribution in [1.82, 2.24) is 9.78 Å². The number of halogens is 1. The number of hydrogen-bond donors (Lipinski definition) is 1. The molecule has 5 nitrogen and oxygen atoms in total. The summed E-state index contributed by atoms with van der Waals surface area (Å²) in [4.78, 5) is 13.3. The second-order valence-electron chi connectivity index (χ2n) is 11.9. The van der Waals surface area contributed by atoms with Gasteiger partial charge in [0.05, 0.1) is 23.9 Å². The highest BCUT2D eigenvalue weighted by molar-refractivity contribution is 5.82. The van der Waals surface area contributed by atoms with E-state index in [0.29, 0.717) is 42.1 Å². The molecule has 1 N–H and O–H groups in total. The maximum atomic E-state index is 13.5. The minimum Gasteiger partial charge on any atom is -0.387 e. The summed E-state index contributed by atoms with van der Waals surface area (Å²) < 4.78 is 15.1. The van der Waals surface area contributed by atoms with Crippen LogP contribution < -0.4 is 0 Å². The van der Waals surface area contributed by atoms with Gasteiger partial charge in [0.25, 0.3) is 0 Å². The molecule has 0 amide bonds. The Kier molecular flexibility index (Phi) is 5.28. The van der Waals surface area contributed by atoms with Crippen LogP contribution in [-0.2, 0) is 11.3 Å². The molecule has 0 aromatic carbocycles. The van der Waals surface area contributed by atoms with E-state index in [4.69, 9.17) is 5.26 Å². The average molecular weight is 442 g/mol. The number of aliphatic hydroxyl groups is 1. The molecule has 4 fully saturated rings. The molecule has 5 rings (SSSR count). The third-order valence-corrected chi connectivity index (χ3v) is 10.5. The quantitative estimate of drug-likeness (QED) is 0.736. The van der Waals surface area contributed by atoms with Crippen molar-refractivity contribution >= 4 is 5.78 Å². The third-order valence-electron chi connectivity index (χ3n) is 10.5. The van der Waals surface area contributed by atoms with Crippen molar-refractivity contribution in [2.24, 2.45) is 40.4 Å². The Morgan fingerprint density at radius 1 is 1.19 bits per heavy atom. The number of Topliss-reactive ketones (excluding diaryl/α,β-unsaturated/α-hetero) is 1. The molecule has 4 aliphatic rings. The lowest BCUT2D eigenvalue weighted by Crippen LogP contribution is -2.56. The zero-order valence-corrected chi connectivity index (χ0v) is 19.4. The number of alkyl halides is 1. The highest BCUT2D eigenvalue weighted by Gasteiger charge is 2.62. The number of carbonyl (C=O) groups is 1. The maximum absolute atomic E-state index is 13.5. The summed E-state index contributed by atoms with van der Waals surface area (Å²) in [7, 11) is 0. The SMILES string of the molecule is C[C@]12CC[C@](O)(CF)C[C@H]1CC[C@@H]1[C@@H]2CC[C@]2(C)[C@@H](C(=O)Cn3cc(C#N)cn3)CC[C@@H]12. The summed E-state index contributed by atoms with van der Waals surface area (Å²) in [6.45, 7) is 4.40. The molecular weight excluding hydrogens is 405 g/mol. The van der Waals surface area contributed by atoms with E-state index in [2.05, 4.69) is 25.0 Å². The van der Waals surface area contributed by atoms with Crippen LogP contribution in [0.4, 0.5) is 4.39 Å². The van der Waals surface area contributed by atoms with Crippen LogP contribution >= 0.6 is 0 Å². The highest BCUT2D eigenvalue weighted by Crippen LogP contribution is 2.68. The monoisotopic (exact) mass is 441 g/mol. The summed E-state index contributed by atoms with van der Waals surface area (Å²) in [5.41, 5.74) is -0.383. The van der Waals surface area contributed by atoms with Gasteiger partial charge in [-0.25, -0.2) is 4.39 Å². The van der Waals surface area contributed by atoms with Crippen molar-refractivity contribution in [3.63, 3.8) is 0 Å². The van der Waals surface area contributed by atoms with E-state index in [9.17, 15) is 14.3 Å². The molecule has 0 radical (unpaired) electrons. The Labute approximate surface area is 190 Å². The Bertz CT molecular complexity index is 940. The molecule has 0 unspecified atom stereocenters. The van der Waals surface area contributed by atoms with Gasteiger partial charge in [-0.1, -0.05) is 13.8 Å². The van der Waals surface area contributed by atoms with Crippen LogP contribution in [0.15, 0.2) is 12.4 Å². The first-order chi connectivity index (χ1) is 15.2. The number of hydrogen-bond acceptors (Lipinski definition) is 4. The first-order valence-electron chi connectivity index (χ1n) is 12.5. The van der Waals surface area contributed by atoms with E-state index in [1.165, 1.54) is 6.20 Å². The molecule has 1 aromatic heterocycles. The van der Waals surface area contributed by atoms with Crippen molar-refractivity contribution in [3.8, 4) is 6.07 Å². The molecule has 4 saturated carbocycles. The van der Waals surface area contributed by atoms with Crippen LogP contribution in [0.2, 0.25) is 0 Å². The lowest BCUT2D eigenvalue weighted by molar-refractivity contribution is -0.157. The van der Waals surface area contributed by atoms with Crippen molar-refractivity contribution in [2.45, 2.75) is 83.8 Å². The summed E-state index contributed by atoms with van der Waals surface area (Å²) in [5.74, 6) is 2.57. The minimum absolute atomic E-state index is 0.0427. The number of aromatic nitrogens is 2. The van der Waals surface area contributed by atoms with Gasteiger partial charge in [0.1, 0.15) is 12.7 Å². The number of fused-ring (bicyclic) bond motifs is 5. The molecule has 0 aliphatic heterocycles. The van der Waals surface area contributed by atoms with Crippen LogP contribution in [0.25, 0.3) is 0 Å². The molecule has 8 atom stereocenters. The number of nitrogens with zero attached hydrogens (tertiary/aromatic N) is 3. The van der Waals surface area contributed by atoms with E-state index < -0.39 is 12.3 Å². The van der Waals surface area contributed by atoms with E-state index in [1.54, 1.807) is 10.9 Å². The van der Waals surface area contributed by atoms with Crippen molar-refractivity contribution in [2.75, 3.05) is 6.67 Å². The predicted octanol–water partition coefficient (Wildman–Crippen LogP) is 4.68.